The van der Waals surface area contributed by atoms with Crippen molar-refractivity contribution in [3.8, 4) is 17.4 Å². The summed E-state index contributed by atoms with van der Waals surface area (Å²) >= 11 is 6.33. The molecule has 1 amide bonds. The molecule has 2 aromatic carbocycles. The Hall–Kier alpha value is -3.51. The van der Waals surface area contributed by atoms with Gasteiger partial charge in [0.05, 0.1) is 24.6 Å². The molecule has 3 aromatic rings. The topological polar surface area (TPSA) is 121 Å². The molecule has 0 spiro atoms. The third kappa shape index (κ3) is 6.79. The lowest BCUT2D eigenvalue weighted by molar-refractivity contribution is 0.0912. The fourth-order valence-electron chi connectivity index (χ4n) is 4.56. The molecule has 10 nitrogen and oxygen atoms in total. The van der Waals surface area contributed by atoms with Gasteiger partial charge in [-0.3, -0.25) is 10.1 Å². The summed E-state index contributed by atoms with van der Waals surface area (Å²) in [7, 11) is 5.09. The number of rotatable bonds is 10. The third-order valence-electron chi connectivity index (χ3n) is 6.84. The van der Waals surface area contributed by atoms with E-state index in [1.54, 1.807) is 13.1 Å². The number of benzene rings is 2. The van der Waals surface area contributed by atoms with Crippen LogP contribution in [0.4, 0.5) is 16.0 Å². The first-order chi connectivity index (χ1) is 19.2. The zero-order valence-corrected chi connectivity index (χ0v) is 23.7. The van der Waals surface area contributed by atoms with Gasteiger partial charge in [0.1, 0.15) is 28.6 Å². The summed E-state index contributed by atoms with van der Waals surface area (Å²) in [5, 5.41) is 19.3. The van der Waals surface area contributed by atoms with Gasteiger partial charge in [0.15, 0.2) is 0 Å². The van der Waals surface area contributed by atoms with Crippen molar-refractivity contribution in [2.24, 2.45) is 0 Å². The van der Waals surface area contributed by atoms with Gasteiger partial charge in [0.2, 0.25) is 11.8 Å². The number of aliphatic hydroxyl groups is 1. The summed E-state index contributed by atoms with van der Waals surface area (Å²) < 4.78 is 26.6. The number of aromatic nitrogens is 2. The highest BCUT2D eigenvalue weighted by Gasteiger charge is 2.23. The number of nitrogens with one attached hydrogen (secondary N) is 3. The Bertz CT molecular complexity index is 1350. The Kier molecular flexibility index (Phi) is 9.75. The molecule has 0 bridgehead atoms. The first-order valence-electron chi connectivity index (χ1n) is 13.1. The molecule has 4 N–H and O–H groups in total. The lowest BCUT2D eigenvalue weighted by Crippen LogP contribution is -2.43. The normalized spacial score (nSPS) is 15.0. The van der Waals surface area contributed by atoms with Crippen LogP contribution in [0.5, 0.6) is 17.4 Å². The maximum Gasteiger partial charge on any atom is 0.254 e. The Morgan fingerprint density at radius 1 is 1.27 bits per heavy atom. The van der Waals surface area contributed by atoms with Crippen LogP contribution in [0.2, 0.25) is 5.02 Å². The highest BCUT2D eigenvalue weighted by atomic mass is 35.5. The number of aliphatic hydroxyl groups excluding tert-OH is 1. The molecule has 1 aliphatic rings. The Morgan fingerprint density at radius 2 is 2.02 bits per heavy atom. The fourth-order valence-corrected chi connectivity index (χ4v) is 4.69. The van der Waals surface area contributed by atoms with Crippen molar-refractivity contribution in [1.82, 2.24) is 25.5 Å². The van der Waals surface area contributed by atoms with E-state index in [9.17, 15) is 9.90 Å². The molecule has 1 unspecified atom stereocenters. The Balaban J connectivity index is 1.56. The summed E-state index contributed by atoms with van der Waals surface area (Å²) in [6.07, 6.45) is 2.66. The standard InChI is InChI=1S/C28H34ClFN6O4/c1-5-16-7-6-8-22(24(16)26(38)31-2)40-27-19(29)15-32-28(35-27)34-21-14-20(30)18(13-23(21)39-4)25(37)33-17-9-11-36(3)12-10-17/h6-8,13-15,17,26,31,38H,5,9-12H2,1-4H3,(H,33,37)(H,32,34,35). The van der Waals surface area contributed by atoms with Crippen molar-refractivity contribution in [2.75, 3.05) is 39.6 Å². The minimum atomic E-state index is -0.966. The molecular formula is C28H34ClFN6O4. The molecule has 0 aliphatic carbocycles. The summed E-state index contributed by atoms with van der Waals surface area (Å²) in [6, 6.07) is 7.90. The molecule has 4 rings (SSSR count). The highest BCUT2D eigenvalue weighted by molar-refractivity contribution is 6.31. The number of nitrogens with zero attached hydrogens (tertiary/aromatic N) is 3. The maximum absolute atomic E-state index is 15.1. The Morgan fingerprint density at radius 3 is 2.70 bits per heavy atom. The zero-order chi connectivity index (χ0) is 28.8. The van der Waals surface area contributed by atoms with Gasteiger partial charge in [-0.15, -0.1) is 0 Å². The molecule has 0 radical (unpaired) electrons. The maximum atomic E-state index is 15.1. The van der Waals surface area contributed by atoms with E-state index in [2.05, 4.69) is 30.8 Å². The summed E-state index contributed by atoms with van der Waals surface area (Å²) in [5.74, 6) is -0.527. The van der Waals surface area contributed by atoms with E-state index < -0.39 is 18.0 Å². The van der Waals surface area contributed by atoms with Gasteiger partial charge < -0.3 is 30.1 Å². The molecule has 1 aliphatic heterocycles. The number of ether oxygens (including phenoxy) is 2. The number of hydrogen-bond donors (Lipinski definition) is 4. The number of amides is 1. The third-order valence-corrected chi connectivity index (χ3v) is 7.10. The van der Waals surface area contributed by atoms with E-state index in [1.165, 1.54) is 19.4 Å². The number of hydrogen-bond acceptors (Lipinski definition) is 9. The molecule has 1 saturated heterocycles. The molecule has 12 heteroatoms. The number of anilines is 2. The van der Waals surface area contributed by atoms with Gasteiger partial charge >= 0.3 is 0 Å². The van der Waals surface area contributed by atoms with Crippen molar-refractivity contribution >= 4 is 29.1 Å². The number of aryl methyl sites for hydroxylation is 1. The quantitative estimate of drug-likeness (QED) is 0.262. The van der Waals surface area contributed by atoms with Gasteiger partial charge in [0.25, 0.3) is 5.91 Å². The van der Waals surface area contributed by atoms with Crippen LogP contribution in [-0.2, 0) is 6.42 Å². The van der Waals surface area contributed by atoms with E-state index >= 15 is 4.39 Å². The smallest absolute Gasteiger partial charge is 0.254 e. The summed E-state index contributed by atoms with van der Waals surface area (Å²) in [5.41, 5.74) is 1.55. The predicted octanol–water partition coefficient (Wildman–Crippen LogP) is 4.41. The second-order valence-electron chi connectivity index (χ2n) is 9.53. The van der Waals surface area contributed by atoms with Crippen LogP contribution in [0.1, 0.15) is 47.5 Å². The zero-order valence-electron chi connectivity index (χ0n) is 22.9. The average molecular weight is 573 g/mol. The molecule has 2 heterocycles. The van der Waals surface area contributed by atoms with Crippen LogP contribution in [0.3, 0.4) is 0 Å². The molecular weight excluding hydrogens is 539 g/mol. The van der Waals surface area contributed by atoms with Crippen molar-refractivity contribution in [3.63, 3.8) is 0 Å². The van der Waals surface area contributed by atoms with E-state index in [0.29, 0.717) is 17.7 Å². The molecule has 1 atom stereocenters. The first kappa shape index (κ1) is 29.5. The van der Waals surface area contributed by atoms with E-state index in [0.717, 1.165) is 37.6 Å². The first-order valence-corrected chi connectivity index (χ1v) is 13.4. The van der Waals surface area contributed by atoms with Crippen molar-refractivity contribution in [3.05, 3.63) is 64.1 Å². The minimum Gasteiger partial charge on any atom is -0.495 e. The van der Waals surface area contributed by atoms with Crippen LogP contribution in [0.25, 0.3) is 0 Å². The van der Waals surface area contributed by atoms with Gasteiger partial charge in [0, 0.05) is 17.7 Å². The Labute approximate surface area is 237 Å². The number of methoxy groups -OCH3 is 1. The van der Waals surface area contributed by atoms with Gasteiger partial charge in [-0.05, 0) is 64.1 Å². The monoisotopic (exact) mass is 572 g/mol. The van der Waals surface area contributed by atoms with Gasteiger partial charge in [-0.1, -0.05) is 30.7 Å². The lowest BCUT2D eigenvalue weighted by Gasteiger charge is -2.29. The molecule has 214 valence electrons. The van der Waals surface area contributed by atoms with Crippen LogP contribution < -0.4 is 25.4 Å². The summed E-state index contributed by atoms with van der Waals surface area (Å²) in [6.45, 7) is 3.71. The highest BCUT2D eigenvalue weighted by Crippen LogP contribution is 2.35. The van der Waals surface area contributed by atoms with Crippen molar-refractivity contribution in [1.29, 1.82) is 0 Å². The lowest BCUT2D eigenvalue weighted by atomic mass is 10.0. The molecule has 1 aromatic heterocycles. The fraction of sp³-hybridized carbons (Fsp3) is 0.393. The summed E-state index contributed by atoms with van der Waals surface area (Å²) in [4.78, 5) is 23.5. The average Bonchev–Trinajstić information content (AvgIpc) is 2.95. The van der Waals surface area contributed by atoms with Gasteiger partial charge in [-0.2, -0.15) is 4.98 Å². The number of likely N-dealkylation sites (tertiary alicyclic amines) is 1. The second kappa shape index (κ2) is 13.2. The molecule has 40 heavy (non-hydrogen) atoms. The number of halogens is 2. The van der Waals surface area contributed by atoms with Crippen molar-refractivity contribution in [2.45, 2.75) is 38.5 Å². The number of carbonyl (C=O) groups is 1. The van der Waals surface area contributed by atoms with E-state index in [1.807, 2.05) is 26.1 Å². The van der Waals surface area contributed by atoms with Crippen LogP contribution in [-0.4, -0.2) is 66.2 Å². The van der Waals surface area contributed by atoms with E-state index in [-0.39, 0.29) is 39.9 Å². The minimum absolute atomic E-state index is 0.0134. The van der Waals surface area contributed by atoms with Crippen LogP contribution >= 0.6 is 11.6 Å². The number of carbonyl (C=O) groups excluding carboxylic acids is 1. The molecule has 0 saturated carbocycles. The molecule has 1 fully saturated rings. The largest absolute Gasteiger partial charge is 0.495 e. The van der Waals surface area contributed by atoms with Crippen LogP contribution in [0, 0.1) is 5.82 Å². The van der Waals surface area contributed by atoms with Gasteiger partial charge in [-0.25, -0.2) is 9.37 Å². The number of piperidine rings is 1. The van der Waals surface area contributed by atoms with E-state index in [4.69, 9.17) is 21.1 Å². The van der Waals surface area contributed by atoms with Crippen molar-refractivity contribution < 1.29 is 23.8 Å². The predicted molar refractivity (Wildman–Crippen MR) is 151 cm³/mol. The van der Waals surface area contributed by atoms with Crippen LogP contribution in [0.15, 0.2) is 36.5 Å². The SMILES string of the molecule is CCc1cccc(Oc2nc(Nc3cc(F)c(C(=O)NC4CCN(C)CC4)cc3OC)ncc2Cl)c1C(O)NC. The second-order valence-corrected chi connectivity index (χ2v) is 9.94.